The quantitative estimate of drug-likeness (QED) is 0.193. The lowest BCUT2D eigenvalue weighted by molar-refractivity contribution is 0.671. The summed E-state index contributed by atoms with van der Waals surface area (Å²) in [5.74, 6) is 0. The first-order valence-electron chi connectivity index (χ1n) is 14.4. The summed E-state index contributed by atoms with van der Waals surface area (Å²) in [5, 5.41) is 25.2. The van der Waals surface area contributed by atoms with Gasteiger partial charge in [0.25, 0.3) is 0 Å². The molecule has 0 saturated heterocycles. The number of rotatable bonds is 2. The van der Waals surface area contributed by atoms with Gasteiger partial charge in [-0.05, 0) is 72.8 Å². The molecule has 6 heteroatoms. The van der Waals surface area contributed by atoms with Crippen LogP contribution in [0.4, 0.5) is 5.69 Å². The molecule has 0 amide bonds. The van der Waals surface area contributed by atoms with Crippen molar-refractivity contribution < 1.29 is 4.42 Å². The van der Waals surface area contributed by atoms with Gasteiger partial charge >= 0.3 is 0 Å². The molecule has 3 heterocycles. The molecule has 6 aromatic carbocycles. The summed E-state index contributed by atoms with van der Waals surface area (Å²) in [5.41, 5.74) is 8.99. The van der Waals surface area contributed by atoms with E-state index in [1.807, 2.05) is 54.6 Å². The highest BCUT2D eigenvalue weighted by molar-refractivity contribution is 6.28. The number of hydrogen-bond acceptors (Lipinski definition) is 3. The fourth-order valence-electron chi connectivity index (χ4n) is 6.91. The average molecular weight is 574 g/mol. The maximum absolute atomic E-state index is 9.61. The van der Waals surface area contributed by atoms with Crippen LogP contribution in [0.3, 0.4) is 0 Å². The largest absolute Gasteiger partial charge is 0.467 e. The predicted octanol–water partition coefficient (Wildman–Crippen LogP) is 10.1. The second kappa shape index (κ2) is 9.09. The van der Waals surface area contributed by atoms with Crippen LogP contribution in [0.25, 0.3) is 81.8 Å². The van der Waals surface area contributed by atoms with Gasteiger partial charge in [-0.25, -0.2) is 4.85 Å². The SMILES string of the molecule is [C-]#[N+]c1cccc2c1oc1ccc3c(c4ccccc4n3-c3cccc(-n4c5ccc(C#N)cc5c5cc(C#N)ccc54)c3)c12. The van der Waals surface area contributed by atoms with Gasteiger partial charge in [0.2, 0.25) is 5.69 Å². The molecule has 0 fully saturated rings. The second-order valence-electron chi connectivity index (χ2n) is 11.1. The van der Waals surface area contributed by atoms with E-state index in [-0.39, 0.29) is 0 Å². The first-order valence-corrected chi connectivity index (χ1v) is 14.4. The molecule has 9 rings (SSSR count). The third kappa shape index (κ3) is 3.35. The van der Waals surface area contributed by atoms with Crippen LogP contribution in [-0.4, -0.2) is 9.13 Å². The zero-order valence-electron chi connectivity index (χ0n) is 23.6. The van der Waals surface area contributed by atoms with E-state index in [1.165, 1.54) is 0 Å². The van der Waals surface area contributed by atoms with Gasteiger partial charge in [-0.1, -0.05) is 42.5 Å². The number of nitriles is 2. The Balaban J connectivity index is 1.35. The predicted molar refractivity (Wildman–Crippen MR) is 178 cm³/mol. The Morgan fingerprint density at radius 2 is 1.16 bits per heavy atom. The van der Waals surface area contributed by atoms with Crippen molar-refractivity contribution in [3.8, 4) is 23.5 Å². The Bertz CT molecular complexity index is 2790. The fraction of sp³-hybridized carbons (Fsp3) is 0. The zero-order chi connectivity index (χ0) is 30.2. The highest BCUT2D eigenvalue weighted by atomic mass is 16.3. The van der Waals surface area contributed by atoms with E-state index < -0.39 is 0 Å². The fourth-order valence-corrected chi connectivity index (χ4v) is 6.91. The van der Waals surface area contributed by atoms with E-state index in [2.05, 4.69) is 80.7 Å². The summed E-state index contributed by atoms with van der Waals surface area (Å²) < 4.78 is 10.7. The van der Waals surface area contributed by atoms with Gasteiger partial charge in [-0.2, -0.15) is 10.5 Å². The summed E-state index contributed by atoms with van der Waals surface area (Å²) in [4.78, 5) is 3.70. The average Bonchev–Trinajstić information content (AvgIpc) is 3.75. The van der Waals surface area contributed by atoms with Crippen molar-refractivity contribution in [3.05, 3.63) is 138 Å². The van der Waals surface area contributed by atoms with Crippen molar-refractivity contribution in [3.63, 3.8) is 0 Å². The van der Waals surface area contributed by atoms with Crippen LogP contribution >= 0.6 is 0 Å². The van der Waals surface area contributed by atoms with E-state index in [4.69, 9.17) is 11.0 Å². The molecule has 0 atom stereocenters. The molecule has 9 aromatic rings. The van der Waals surface area contributed by atoms with E-state index in [1.54, 1.807) is 6.07 Å². The minimum atomic E-state index is 0.503. The van der Waals surface area contributed by atoms with Crippen molar-refractivity contribution in [2.24, 2.45) is 0 Å². The molecule has 0 radical (unpaired) electrons. The minimum absolute atomic E-state index is 0.503. The molecule has 0 aliphatic carbocycles. The number of fused-ring (bicyclic) bond motifs is 10. The van der Waals surface area contributed by atoms with Crippen LogP contribution in [0.2, 0.25) is 0 Å². The first kappa shape index (κ1) is 24.8. The highest BCUT2D eigenvalue weighted by Gasteiger charge is 2.20. The molecule has 0 bridgehead atoms. The molecule has 0 aliphatic rings. The monoisotopic (exact) mass is 573 g/mol. The summed E-state index contributed by atoms with van der Waals surface area (Å²) in [6.07, 6.45) is 0. The van der Waals surface area contributed by atoms with Gasteiger partial charge in [0, 0.05) is 43.7 Å². The van der Waals surface area contributed by atoms with Crippen LogP contribution in [0, 0.1) is 29.2 Å². The third-order valence-electron chi connectivity index (χ3n) is 8.77. The third-order valence-corrected chi connectivity index (χ3v) is 8.77. The molecule has 0 spiro atoms. The number of furan rings is 1. The number of aromatic nitrogens is 2. The molecule has 6 nitrogen and oxygen atoms in total. The van der Waals surface area contributed by atoms with Crippen molar-refractivity contribution in [2.75, 3.05) is 0 Å². The maximum atomic E-state index is 9.61. The standard InChI is InChI=1S/C39H19N5O/c1-42-31-10-5-9-28-38-36(45-39(28)31)17-16-35-37(38)27-8-2-3-11-32(27)44(35)26-7-4-6-25(20-26)43-33-14-12-23(21-40)18-29(33)30-19-24(22-41)13-15-34(30)43/h2-20H. The Hall–Kier alpha value is -6.81. The van der Waals surface area contributed by atoms with Crippen LogP contribution in [-0.2, 0) is 0 Å². The van der Waals surface area contributed by atoms with Crippen molar-refractivity contribution in [1.82, 2.24) is 9.13 Å². The van der Waals surface area contributed by atoms with E-state index >= 15 is 0 Å². The van der Waals surface area contributed by atoms with Crippen LogP contribution in [0.5, 0.6) is 0 Å². The molecule has 0 N–H and O–H groups in total. The highest BCUT2D eigenvalue weighted by Crippen LogP contribution is 2.43. The Morgan fingerprint density at radius 1 is 0.556 bits per heavy atom. The lowest BCUT2D eigenvalue weighted by Crippen LogP contribution is -1.98. The van der Waals surface area contributed by atoms with Gasteiger partial charge in [0.1, 0.15) is 11.2 Å². The van der Waals surface area contributed by atoms with E-state index in [9.17, 15) is 10.5 Å². The van der Waals surface area contributed by atoms with E-state index in [0.29, 0.717) is 22.4 Å². The summed E-state index contributed by atoms with van der Waals surface area (Å²) in [7, 11) is 0. The van der Waals surface area contributed by atoms with Crippen LogP contribution in [0.1, 0.15) is 11.1 Å². The summed E-state index contributed by atoms with van der Waals surface area (Å²) in [6.45, 7) is 7.66. The van der Waals surface area contributed by atoms with Gasteiger partial charge in [0.05, 0.1) is 51.9 Å². The smallest absolute Gasteiger partial charge is 0.229 e. The van der Waals surface area contributed by atoms with Crippen molar-refractivity contribution in [2.45, 2.75) is 0 Å². The molecular formula is C39H19N5O. The molecule has 45 heavy (non-hydrogen) atoms. The summed E-state index contributed by atoms with van der Waals surface area (Å²) in [6, 6.07) is 42.5. The number of benzene rings is 6. The van der Waals surface area contributed by atoms with E-state index in [0.717, 1.165) is 71.3 Å². The van der Waals surface area contributed by atoms with Gasteiger partial charge in [-0.15, -0.1) is 0 Å². The molecule has 3 aromatic heterocycles. The van der Waals surface area contributed by atoms with Gasteiger partial charge in [-0.3, -0.25) is 0 Å². The molecule has 0 aliphatic heterocycles. The topological polar surface area (TPSA) is 74.9 Å². The van der Waals surface area contributed by atoms with Crippen molar-refractivity contribution >= 4 is 71.2 Å². The zero-order valence-corrected chi connectivity index (χ0v) is 23.6. The summed E-state index contributed by atoms with van der Waals surface area (Å²) >= 11 is 0. The van der Waals surface area contributed by atoms with Gasteiger partial charge in [0.15, 0.2) is 0 Å². The van der Waals surface area contributed by atoms with Crippen LogP contribution in [0.15, 0.2) is 120 Å². The number of nitrogens with zero attached hydrogens (tertiary/aromatic N) is 5. The molecule has 0 unspecified atom stereocenters. The van der Waals surface area contributed by atoms with Gasteiger partial charge < -0.3 is 13.6 Å². The normalized spacial score (nSPS) is 11.5. The van der Waals surface area contributed by atoms with Crippen molar-refractivity contribution in [1.29, 1.82) is 10.5 Å². The Morgan fingerprint density at radius 3 is 1.84 bits per heavy atom. The molecule has 206 valence electrons. The Labute approximate surface area is 256 Å². The Kier molecular flexibility index (Phi) is 5.00. The minimum Gasteiger partial charge on any atom is -0.467 e. The maximum Gasteiger partial charge on any atom is 0.229 e. The molecular weight excluding hydrogens is 554 g/mol. The molecule has 0 saturated carbocycles. The first-order chi connectivity index (χ1) is 22.2. The second-order valence-corrected chi connectivity index (χ2v) is 11.1. The number of hydrogen-bond donors (Lipinski definition) is 0. The number of para-hydroxylation sites is 2. The van der Waals surface area contributed by atoms with Crippen LogP contribution < -0.4 is 0 Å². The lowest BCUT2D eigenvalue weighted by Gasteiger charge is -2.13. The lowest BCUT2D eigenvalue weighted by atomic mass is 10.1.